The van der Waals surface area contributed by atoms with Crippen molar-refractivity contribution in [2.45, 2.75) is 13.8 Å². The minimum absolute atomic E-state index is 0.0954. The van der Waals surface area contributed by atoms with E-state index in [0.29, 0.717) is 0 Å². The lowest BCUT2D eigenvalue weighted by molar-refractivity contribution is -0.117. The van der Waals surface area contributed by atoms with Gasteiger partial charge in [0.25, 0.3) is 0 Å². The van der Waals surface area contributed by atoms with E-state index in [-0.39, 0.29) is 18.0 Å². The van der Waals surface area contributed by atoms with Crippen LogP contribution in [0.15, 0.2) is 12.4 Å². The number of ketones is 1. The molecule has 1 nitrogen and oxygen atoms in total. The predicted molar refractivity (Wildman–Crippen MR) is 30.1 cm³/mol. The minimum atomic E-state index is -0.174. The molecule has 0 aliphatic carbocycles. The highest BCUT2D eigenvalue weighted by molar-refractivity contribution is 5.90. The van der Waals surface area contributed by atoms with Gasteiger partial charge in [-0.25, -0.2) is 4.39 Å². The fourth-order valence-electron chi connectivity index (χ4n) is 0.255. The predicted octanol–water partition coefficient (Wildman–Crippen LogP) is 1.69. The van der Waals surface area contributed by atoms with Crippen molar-refractivity contribution < 1.29 is 9.18 Å². The third-order valence-corrected chi connectivity index (χ3v) is 0.796. The van der Waals surface area contributed by atoms with E-state index in [2.05, 4.69) is 0 Å². The molecule has 0 rings (SSSR count). The first-order chi connectivity index (χ1) is 3.68. The Kier molecular flexibility index (Phi) is 3.08. The third-order valence-electron chi connectivity index (χ3n) is 0.796. The summed E-state index contributed by atoms with van der Waals surface area (Å²) in [5.74, 6) is -0.269. The second-order valence-electron chi connectivity index (χ2n) is 1.85. The molecule has 0 fully saturated rings. The van der Waals surface area contributed by atoms with Crippen molar-refractivity contribution in [1.82, 2.24) is 0 Å². The fourth-order valence-corrected chi connectivity index (χ4v) is 0.255. The van der Waals surface area contributed by atoms with E-state index in [1.807, 2.05) is 0 Å². The molecule has 2 heteroatoms. The third kappa shape index (κ3) is 2.50. The van der Waals surface area contributed by atoms with Gasteiger partial charge in [-0.15, -0.1) is 0 Å². The zero-order chi connectivity index (χ0) is 6.57. The monoisotopic (exact) mass is 116 g/mol. The van der Waals surface area contributed by atoms with E-state index >= 15 is 0 Å². The second kappa shape index (κ2) is 3.36. The number of allylic oxidation sites excluding steroid dienone is 1. The van der Waals surface area contributed by atoms with Crippen molar-refractivity contribution in [2.75, 3.05) is 0 Å². The SMILES string of the molecule is CC(C)C(=O)/C=C\F. The molecular formula is C6H9FO. The van der Waals surface area contributed by atoms with Crippen molar-refractivity contribution in [1.29, 1.82) is 0 Å². The molecule has 0 saturated carbocycles. The molecule has 0 saturated heterocycles. The van der Waals surface area contributed by atoms with Gasteiger partial charge in [-0.05, 0) is 0 Å². The van der Waals surface area contributed by atoms with Gasteiger partial charge in [0.05, 0.1) is 6.33 Å². The van der Waals surface area contributed by atoms with Crippen molar-refractivity contribution in [3.05, 3.63) is 12.4 Å². The number of carbonyl (C=O) groups is 1. The van der Waals surface area contributed by atoms with Gasteiger partial charge in [-0.3, -0.25) is 4.79 Å². The molecule has 0 aliphatic heterocycles. The summed E-state index contributed by atoms with van der Waals surface area (Å²) in [4.78, 5) is 10.4. The Bertz CT molecular complexity index is 105. The van der Waals surface area contributed by atoms with Crippen LogP contribution in [0, 0.1) is 5.92 Å². The van der Waals surface area contributed by atoms with Crippen LogP contribution in [0.2, 0.25) is 0 Å². The smallest absolute Gasteiger partial charge is 0.160 e. The van der Waals surface area contributed by atoms with E-state index in [9.17, 15) is 9.18 Å². The summed E-state index contributed by atoms with van der Waals surface area (Å²) < 4.78 is 11.2. The molecule has 0 aliphatic rings. The average molecular weight is 116 g/mol. The summed E-state index contributed by atoms with van der Waals surface area (Å²) in [7, 11) is 0. The number of carbonyl (C=O) groups excluding carboxylic acids is 1. The summed E-state index contributed by atoms with van der Waals surface area (Å²) in [5, 5.41) is 0. The Labute approximate surface area is 48.2 Å². The summed E-state index contributed by atoms with van der Waals surface area (Å²) in [6, 6.07) is 0. The Morgan fingerprint density at radius 3 is 2.25 bits per heavy atom. The van der Waals surface area contributed by atoms with Crippen molar-refractivity contribution >= 4 is 5.78 Å². The zero-order valence-electron chi connectivity index (χ0n) is 5.02. The first-order valence-electron chi connectivity index (χ1n) is 2.49. The Hall–Kier alpha value is -0.660. The highest BCUT2D eigenvalue weighted by Gasteiger charge is 1.99. The van der Waals surface area contributed by atoms with E-state index in [1.165, 1.54) is 0 Å². The molecule has 0 spiro atoms. The van der Waals surface area contributed by atoms with Gasteiger partial charge >= 0.3 is 0 Å². The zero-order valence-corrected chi connectivity index (χ0v) is 5.02. The van der Waals surface area contributed by atoms with Crippen LogP contribution in [0.3, 0.4) is 0 Å². The molecule has 0 aromatic rings. The van der Waals surface area contributed by atoms with Gasteiger partial charge in [-0.2, -0.15) is 0 Å². The number of hydrogen-bond donors (Lipinski definition) is 0. The Morgan fingerprint density at radius 2 is 2.12 bits per heavy atom. The van der Waals surface area contributed by atoms with Crippen LogP contribution in [-0.4, -0.2) is 5.78 Å². The topological polar surface area (TPSA) is 17.1 Å². The first kappa shape index (κ1) is 7.34. The maximum absolute atomic E-state index is 11.2. The lowest BCUT2D eigenvalue weighted by atomic mass is 10.1. The van der Waals surface area contributed by atoms with E-state index in [0.717, 1.165) is 6.08 Å². The highest BCUT2D eigenvalue weighted by Crippen LogP contribution is 1.94. The summed E-state index contributed by atoms with van der Waals surface area (Å²) in [6.07, 6.45) is 1.20. The molecule has 0 bridgehead atoms. The highest BCUT2D eigenvalue weighted by atomic mass is 19.1. The van der Waals surface area contributed by atoms with Crippen LogP contribution >= 0.6 is 0 Å². The molecule has 8 heavy (non-hydrogen) atoms. The normalized spacial score (nSPS) is 11.0. The van der Waals surface area contributed by atoms with Gasteiger partial charge in [0.1, 0.15) is 0 Å². The standard InChI is InChI=1S/C6H9FO/c1-5(2)6(8)3-4-7/h3-5H,1-2H3/b4-3-. The van der Waals surface area contributed by atoms with Crippen molar-refractivity contribution in [2.24, 2.45) is 5.92 Å². The van der Waals surface area contributed by atoms with Crippen LogP contribution in [-0.2, 0) is 4.79 Å². The van der Waals surface area contributed by atoms with E-state index in [1.54, 1.807) is 13.8 Å². The van der Waals surface area contributed by atoms with Gasteiger partial charge in [0.2, 0.25) is 0 Å². The first-order valence-corrected chi connectivity index (χ1v) is 2.49. The summed E-state index contributed by atoms with van der Waals surface area (Å²) >= 11 is 0. The van der Waals surface area contributed by atoms with Gasteiger partial charge in [-0.1, -0.05) is 13.8 Å². The lowest BCUT2D eigenvalue weighted by Crippen LogP contribution is -2.01. The molecular weight excluding hydrogens is 107 g/mol. The number of hydrogen-bond acceptors (Lipinski definition) is 1. The summed E-state index contributed by atoms with van der Waals surface area (Å²) in [5.41, 5.74) is 0. The van der Waals surface area contributed by atoms with Crippen LogP contribution in [0.4, 0.5) is 4.39 Å². The molecule has 0 heterocycles. The maximum atomic E-state index is 11.2. The van der Waals surface area contributed by atoms with Crippen LogP contribution in [0.5, 0.6) is 0 Å². The Balaban J connectivity index is 3.66. The van der Waals surface area contributed by atoms with Crippen LogP contribution in [0.25, 0.3) is 0 Å². The number of rotatable bonds is 2. The van der Waals surface area contributed by atoms with Crippen LogP contribution in [0.1, 0.15) is 13.8 Å². The molecule has 0 unspecified atom stereocenters. The number of halogens is 1. The van der Waals surface area contributed by atoms with Gasteiger partial charge < -0.3 is 0 Å². The van der Waals surface area contributed by atoms with E-state index in [4.69, 9.17) is 0 Å². The summed E-state index contributed by atoms with van der Waals surface area (Å²) in [6.45, 7) is 3.45. The van der Waals surface area contributed by atoms with Crippen molar-refractivity contribution in [3.8, 4) is 0 Å². The fraction of sp³-hybridized carbons (Fsp3) is 0.500. The van der Waals surface area contributed by atoms with Crippen molar-refractivity contribution in [3.63, 3.8) is 0 Å². The largest absolute Gasteiger partial charge is 0.294 e. The molecule has 46 valence electrons. The lowest BCUT2D eigenvalue weighted by Gasteiger charge is -1.92. The molecule has 0 amide bonds. The Morgan fingerprint density at radius 1 is 1.62 bits per heavy atom. The molecule has 0 aromatic carbocycles. The molecule has 0 N–H and O–H groups in total. The van der Waals surface area contributed by atoms with Gasteiger partial charge in [0, 0.05) is 12.0 Å². The molecule has 0 aromatic heterocycles. The molecule has 0 atom stereocenters. The minimum Gasteiger partial charge on any atom is -0.294 e. The molecule has 0 radical (unpaired) electrons. The van der Waals surface area contributed by atoms with Crippen LogP contribution < -0.4 is 0 Å². The second-order valence-corrected chi connectivity index (χ2v) is 1.85. The van der Waals surface area contributed by atoms with E-state index < -0.39 is 0 Å². The van der Waals surface area contributed by atoms with Gasteiger partial charge in [0.15, 0.2) is 5.78 Å². The quantitative estimate of drug-likeness (QED) is 0.502. The maximum Gasteiger partial charge on any atom is 0.160 e. The average Bonchev–Trinajstić information content (AvgIpc) is 1.67.